The molecule has 112 valence electrons. The van der Waals surface area contributed by atoms with E-state index in [9.17, 15) is 13.2 Å². The van der Waals surface area contributed by atoms with Crippen molar-refractivity contribution in [3.8, 4) is 0 Å². The summed E-state index contributed by atoms with van der Waals surface area (Å²) in [4.78, 5) is 13.8. The summed E-state index contributed by atoms with van der Waals surface area (Å²) in [6, 6.07) is 5.71. The van der Waals surface area contributed by atoms with Gasteiger partial charge in [-0.2, -0.15) is 0 Å². The van der Waals surface area contributed by atoms with Crippen molar-refractivity contribution < 1.29 is 17.9 Å². The number of halogens is 1. The maximum Gasteiger partial charge on any atom is 0.261 e. The van der Waals surface area contributed by atoms with Crippen LogP contribution in [0.1, 0.15) is 24.2 Å². The van der Waals surface area contributed by atoms with Gasteiger partial charge < -0.3 is 9.64 Å². The predicted molar refractivity (Wildman–Crippen MR) is 77.6 cm³/mol. The maximum atomic E-state index is 12.3. The number of likely N-dealkylation sites (N-methyl/N-ethyl adjacent to an activating group) is 1. The molecule has 0 aliphatic carbocycles. The number of carbonyl (C=O) groups is 1. The van der Waals surface area contributed by atoms with Crippen LogP contribution in [0.15, 0.2) is 29.2 Å². The normalized spacial score (nSPS) is 11.3. The van der Waals surface area contributed by atoms with Crippen molar-refractivity contribution in [1.82, 2.24) is 4.90 Å². The molecule has 1 aromatic carbocycles. The fraction of sp³-hybridized carbons (Fsp3) is 0.462. The number of ether oxygens (including phenoxy) is 1. The molecule has 1 aromatic rings. The van der Waals surface area contributed by atoms with Crippen LogP contribution in [0.25, 0.3) is 0 Å². The number of hydrogen-bond acceptors (Lipinski definition) is 4. The van der Waals surface area contributed by atoms with Gasteiger partial charge in [-0.15, -0.1) is 0 Å². The van der Waals surface area contributed by atoms with Crippen molar-refractivity contribution in [3.63, 3.8) is 0 Å². The Hall–Kier alpha value is -1.11. The van der Waals surface area contributed by atoms with Gasteiger partial charge >= 0.3 is 0 Å². The Morgan fingerprint density at radius 1 is 1.35 bits per heavy atom. The Bertz CT molecular complexity index is 559. The minimum Gasteiger partial charge on any atom is -0.380 e. The van der Waals surface area contributed by atoms with Gasteiger partial charge in [0.25, 0.3) is 15.0 Å². The molecule has 0 radical (unpaired) electrons. The first kappa shape index (κ1) is 16.9. The largest absolute Gasteiger partial charge is 0.380 e. The van der Waals surface area contributed by atoms with Crippen LogP contribution in [-0.4, -0.2) is 45.5 Å². The van der Waals surface area contributed by atoms with E-state index in [1.54, 1.807) is 11.0 Å². The quantitative estimate of drug-likeness (QED) is 0.570. The molecule has 0 bridgehead atoms. The second kappa shape index (κ2) is 7.61. The van der Waals surface area contributed by atoms with Gasteiger partial charge in [0.15, 0.2) is 0 Å². The number of benzene rings is 1. The molecule has 20 heavy (non-hydrogen) atoms. The second-order valence-electron chi connectivity index (χ2n) is 4.05. The predicted octanol–water partition coefficient (Wildman–Crippen LogP) is 2.11. The minimum atomic E-state index is -3.84. The van der Waals surface area contributed by atoms with Gasteiger partial charge in [0.2, 0.25) is 0 Å². The first-order valence-electron chi connectivity index (χ1n) is 6.31. The molecule has 0 N–H and O–H groups in total. The van der Waals surface area contributed by atoms with Crippen molar-refractivity contribution in [2.75, 3.05) is 26.3 Å². The van der Waals surface area contributed by atoms with Crippen molar-refractivity contribution in [1.29, 1.82) is 0 Å². The van der Waals surface area contributed by atoms with Crippen LogP contribution in [0, 0.1) is 0 Å². The second-order valence-corrected chi connectivity index (χ2v) is 6.61. The van der Waals surface area contributed by atoms with E-state index in [0.29, 0.717) is 31.9 Å². The molecule has 0 saturated carbocycles. The summed E-state index contributed by atoms with van der Waals surface area (Å²) in [6.07, 6.45) is 0. The molecule has 1 amide bonds. The zero-order valence-electron chi connectivity index (χ0n) is 11.5. The Kier molecular flexibility index (Phi) is 6.45. The molecule has 0 heterocycles. The smallest absolute Gasteiger partial charge is 0.261 e. The molecule has 0 spiro atoms. The van der Waals surface area contributed by atoms with Crippen LogP contribution in [0.5, 0.6) is 0 Å². The first-order valence-corrected chi connectivity index (χ1v) is 8.62. The van der Waals surface area contributed by atoms with E-state index >= 15 is 0 Å². The number of amides is 1. The van der Waals surface area contributed by atoms with Crippen molar-refractivity contribution >= 4 is 25.6 Å². The van der Waals surface area contributed by atoms with E-state index in [1.165, 1.54) is 18.2 Å². The highest BCUT2D eigenvalue weighted by molar-refractivity contribution is 8.13. The topological polar surface area (TPSA) is 63.7 Å². The molecule has 0 fully saturated rings. The standard InChI is InChI=1S/C13H18ClNO4S/c1-3-15(8-9-19-4-2)13(16)11-6-5-7-12(10-11)20(14,17)18/h5-7,10H,3-4,8-9H2,1-2H3. The summed E-state index contributed by atoms with van der Waals surface area (Å²) >= 11 is 0. The highest BCUT2D eigenvalue weighted by Gasteiger charge is 2.17. The number of hydrogen-bond donors (Lipinski definition) is 0. The minimum absolute atomic E-state index is 0.0779. The summed E-state index contributed by atoms with van der Waals surface area (Å²) in [5.41, 5.74) is 0.296. The van der Waals surface area contributed by atoms with Gasteiger partial charge in [-0.3, -0.25) is 4.79 Å². The van der Waals surface area contributed by atoms with E-state index in [-0.39, 0.29) is 10.8 Å². The fourth-order valence-electron chi connectivity index (χ4n) is 1.69. The average molecular weight is 320 g/mol. The van der Waals surface area contributed by atoms with Crippen LogP contribution >= 0.6 is 10.7 Å². The molecule has 0 atom stereocenters. The van der Waals surface area contributed by atoms with E-state index in [2.05, 4.69) is 0 Å². The summed E-state index contributed by atoms with van der Waals surface area (Å²) in [5.74, 6) is -0.241. The highest BCUT2D eigenvalue weighted by Crippen LogP contribution is 2.17. The highest BCUT2D eigenvalue weighted by atomic mass is 35.7. The number of nitrogens with zero attached hydrogens (tertiary/aromatic N) is 1. The molecule has 0 unspecified atom stereocenters. The van der Waals surface area contributed by atoms with Crippen LogP contribution in [-0.2, 0) is 13.8 Å². The van der Waals surface area contributed by atoms with Crippen LogP contribution in [0.2, 0.25) is 0 Å². The summed E-state index contributed by atoms with van der Waals surface area (Å²) in [5, 5.41) is 0. The van der Waals surface area contributed by atoms with Crippen LogP contribution < -0.4 is 0 Å². The molecule has 5 nitrogen and oxygen atoms in total. The SMILES string of the molecule is CCOCCN(CC)C(=O)c1cccc(S(=O)(=O)Cl)c1. The van der Waals surface area contributed by atoms with Crippen molar-refractivity contribution in [3.05, 3.63) is 29.8 Å². The third kappa shape index (κ3) is 4.77. The molecular weight excluding hydrogens is 302 g/mol. The van der Waals surface area contributed by atoms with E-state index in [0.717, 1.165) is 0 Å². The van der Waals surface area contributed by atoms with Gasteiger partial charge in [-0.25, -0.2) is 8.42 Å². The van der Waals surface area contributed by atoms with Crippen LogP contribution in [0.3, 0.4) is 0 Å². The lowest BCUT2D eigenvalue weighted by molar-refractivity contribution is 0.0669. The van der Waals surface area contributed by atoms with Crippen molar-refractivity contribution in [2.45, 2.75) is 18.7 Å². The van der Waals surface area contributed by atoms with Gasteiger partial charge in [0.05, 0.1) is 11.5 Å². The molecule has 0 aliphatic rings. The Balaban J connectivity index is 2.90. The number of carbonyl (C=O) groups excluding carboxylic acids is 1. The zero-order chi connectivity index (χ0) is 15.2. The monoisotopic (exact) mass is 319 g/mol. The summed E-state index contributed by atoms with van der Waals surface area (Å²) in [7, 11) is 1.44. The van der Waals surface area contributed by atoms with E-state index < -0.39 is 9.05 Å². The maximum absolute atomic E-state index is 12.3. The molecule has 0 saturated heterocycles. The van der Waals surface area contributed by atoms with E-state index in [4.69, 9.17) is 15.4 Å². The Morgan fingerprint density at radius 3 is 2.60 bits per heavy atom. The molecule has 0 aromatic heterocycles. The first-order chi connectivity index (χ1) is 9.40. The molecule has 1 rings (SSSR count). The van der Waals surface area contributed by atoms with Gasteiger partial charge in [-0.05, 0) is 32.0 Å². The number of rotatable bonds is 7. The van der Waals surface area contributed by atoms with Crippen molar-refractivity contribution in [2.24, 2.45) is 0 Å². The van der Waals surface area contributed by atoms with Gasteiger partial charge in [-0.1, -0.05) is 6.07 Å². The average Bonchev–Trinajstić information content (AvgIpc) is 2.42. The Labute approximate surface area is 123 Å². The molecule has 7 heteroatoms. The fourth-order valence-corrected chi connectivity index (χ4v) is 2.48. The lowest BCUT2D eigenvalue weighted by atomic mass is 10.2. The van der Waals surface area contributed by atoms with Gasteiger partial charge in [0, 0.05) is 35.9 Å². The summed E-state index contributed by atoms with van der Waals surface area (Å²) in [6.45, 7) is 5.75. The molecule has 0 aliphatic heterocycles. The Morgan fingerprint density at radius 2 is 2.05 bits per heavy atom. The van der Waals surface area contributed by atoms with E-state index in [1.807, 2.05) is 13.8 Å². The van der Waals surface area contributed by atoms with Crippen LogP contribution in [0.4, 0.5) is 0 Å². The van der Waals surface area contributed by atoms with Gasteiger partial charge in [0.1, 0.15) is 0 Å². The lowest BCUT2D eigenvalue weighted by Gasteiger charge is -2.20. The summed E-state index contributed by atoms with van der Waals surface area (Å²) < 4.78 is 27.8. The lowest BCUT2D eigenvalue weighted by Crippen LogP contribution is -2.33. The zero-order valence-corrected chi connectivity index (χ0v) is 13.1. The third-order valence-corrected chi connectivity index (χ3v) is 4.09. The molecular formula is C13H18ClNO4S. The third-order valence-electron chi connectivity index (χ3n) is 2.74.